The first-order valence-corrected chi connectivity index (χ1v) is 15.1. The van der Waals surface area contributed by atoms with E-state index in [0.29, 0.717) is 5.92 Å². The molecule has 2 nitrogen and oxygen atoms in total. The zero-order chi connectivity index (χ0) is 28.9. The molecule has 1 unspecified atom stereocenters. The number of nitrogens with one attached hydrogen (secondary N) is 1. The van der Waals surface area contributed by atoms with Gasteiger partial charge in [0.25, 0.3) is 0 Å². The molecule has 41 heavy (non-hydrogen) atoms. The third kappa shape index (κ3) is 10.9. The van der Waals surface area contributed by atoms with Crippen LogP contribution >= 0.6 is 0 Å². The summed E-state index contributed by atoms with van der Waals surface area (Å²) < 4.78 is 0. The molecular formula is C38H49KN2-2. The van der Waals surface area contributed by atoms with Gasteiger partial charge in [0.1, 0.15) is 0 Å². The van der Waals surface area contributed by atoms with Gasteiger partial charge in [-0.15, -0.1) is 5.56 Å². The van der Waals surface area contributed by atoms with E-state index in [-0.39, 0.29) is 51.4 Å². The molecule has 3 aliphatic rings. The van der Waals surface area contributed by atoms with Crippen LogP contribution in [0.15, 0.2) is 77.0 Å². The molecule has 214 valence electrons. The molecule has 1 N–H and O–H groups in total. The molecule has 0 bridgehead atoms. The molecule has 2 aromatic rings. The van der Waals surface area contributed by atoms with E-state index in [4.69, 9.17) is 4.99 Å². The second-order valence-electron chi connectivity index (χ2n) is 11.4. The van der Waals surface area contributed by atoms with Gasteiger partial charge in [0.05, 0.1) is 5.70 Å². The molecule has 1 atom stereocenters. The van der Waals surface area contributed by atoms with E-state index in [1.165, 1.54) is 58.3 Å². The fourth-order valence-corrected chi connectivity index (χ4v) is 4.75. The Bertz CT molecular complexity index is 1230. The third-order valence-corrected chi connectivity index (χ3v) is 7.50. The SMILES string of the molecule is C/C1=C/C=C\CC2=C(c3cc(C)c(/C=C\C4CCC4)c(-c4c[c-]ccc4)c3)N=CC2CN1.[CH2-]CC.[CH2-]CC(C)C.[K+]. The Hall–Kier alpha value is -1.49. The molecule has 2 aliphatic heterocycles. The van der Waals surface area contributed by atoms with Crippen LogP contribution in [0.1, 0.15) is 82.9 Å². The maximum atomic E-state index is 4.93. The van der Waals surface area contributed by atoms with E-state index in [9.17, 15) is 0 Å². The monoisotopic (exact) mass is 572 g/mol. The van der Waals surface area contributed by atoms with E-state index < -0.39 is 0 Å². The molecule has 1 aliphatic carbocycles. The summed E-state index contributed by atoms with van der Waals surface area (Å²) in [5.74, 6) is 1.85. The maximum absolute atomic E-state index is 4.93. The van der Waals surface area contributed by atoms with E-state index in [2.05, 4.69) is 120 Å². The molecule has 0 aromatic heterocycles. The summed E-state index contributed by atoms with van der Waals surface area (Å²) in [5.41, 5.74) is 10.1. The van der Waals surface area contributed by atoms with Crippen molar-refractivity contribution in [1.29, 1.82) is 0 Å². The summed E-state index contributed by atoms with van der Waals surface area (Å²) in [7, 11) is 0. The minimum absolute atomic E-state index is 0. The molecule has 1 fully saturated rings. The molecule has 0 saturated heterocycles. The summed E-state index contributed by atoms with van der Waals surface area (Å²) in [6, 6.07) is 16.3. The van der Waals surface area contributed by atoms with Crippen molar-refractivity contribution in [2.24, 2.45) is 22.7 Å². The van der Waals surface area contributed by atoms with Gasteiger partial charge in [-0.3, -0.25) is 4.99 Å². The first-order chi connectivity index (χ1) is 19.4. The summed E-state index contributed by atoms with van der Waals surface area (Å²) >= 11 is 0. The van der Waals surface area contributed by atoms with Gasteiger partial charge in [0, 0.05) is 24.4 Å². The van der Waals surface area contributed by atoms with E-state index in [1.54, 1.807) is 0 Å². The van der Waals surface area contributed by atoms with E-state index in [1.807, 2.05) is 13.0 Å². The van der Waals surface area contributed by atoms with Crippen molar-refractivity contribution in [1.82, 2.24) is 5.32 Å². The van der Waals surface area contributed by atoms with Gasteiger partial charge in [-0.25, -0.2) is 0 Å². The molecule has 2 heterocycles. The first-order valence-electron chi connectivity index (χ1n) is 15.1. The van der Waals surface area contributed by atoms with Crippen LogP contribution in [-0.4, -0.2) is 12.8 Å². The van der Waals surface area contributed by atoms with Crippen molar-refractivity contribution in [3.8, 4) is 11.1 Å². The average molecular weight is 573 g/mol. The fraction of sp³-hybridized carbons (Fsp3) is 0.395. The Labute approximate surface area is 294 Å². The Morgan fingerprint density at radius 3 is 2.49 bits per heavy atom. The smallest absolute Gasteiger partial charge is 0.388 e. The van der Waals surface area contributed by atoms with Crippen molar-refractivity contribution < 1.29 is 51.4 Å². The zero-order valence-corrected chi connectivity index (χ0v) is 29.6. The molecule has 1 saturated carbocycles. The molecule has 2 aromatic carbocycles. The number of hydrogen-bond acceptors (Lipinski definition) is 2. The second-order valence-corrected chi connectivity index (χ2v) is 11.4. The van der Waals surface area contributed by atoms with Gasteiger partial charge in [-0.05, 0) is 73.4 Å². The van der Waals surface area contributed by atoms with Crippen LogP contribution in [0.5, 0.6) is 0 Å². The zero-order valence-electron chi connectivity index (χ0n) is 26.5. The molecule has 3 heteroatoms. The van der Waals surface area contributed by atoms with Crippen molar-refractivity contribution in [3.05, 3.63) is 109 Å². The Balaban J connectivity index is 0.000000583. The van der Waals surface area contributed by atoms with Gasteiger partial charge in [-0.1, -0.05) is 69.0 Å². The van der Waals surface area contributed by atoms with Crippen LogP contribution in [-0.2, 0) is 0 Å². The van der Waals surface area contributed by atoms with E-state index in [0.717, 1.165) is 43.3 Å². The standard InChI is InChI=1S/C30H31N2.C5H11.C3H7.K/c1-21-17-25(30-28-14-7-6-9-22(2)31-19-26(28)20-32-30)18-29(24-12-4-3-5-13-24)27(21)16-15-23-10-8-11-23;1-4-5(2)3;1-3-2;/h3-4,6-7,9,12-13,15-18,20,23,26,31H,8,10-11,14,19H2,1-2H3;5H,1,4H2,2-3H3;1,3H2,2H3;/q3*-1;+1/b7-6-,16-15-,22-9-;;;. The van der Waals surface area contributed by atoms with Gasteiger partial charge in [0.2, 0.25) is 0 Å². The number of nitrogens with zero attached hydrogens (tertiary/aromatic N) is 1. The molecule has 0 amide bonds. The van der Waals surface area contributed by atoms with Gasteiger partial charge in [-0.2, -0.15) is 43.2 Å². The minimum atomic E-state index is 0. The fourth-order valence-electron chi connectivity index (χ4n) is 4.75. The van der Waals surface area contributed by atoms with Crippen molar-refractivity contribution in [3.63, 3.8) is 0 Å². The quantitative estimate of drug-likeness (QED) is 0.296. The number of hydrogen-bond donors (Lipinski definition) is 1. The summed E-state index contributed by atoms with van der Waals surface area (Å²) in [6.45, 7) is 18.8. The maximum Gasteiger partial charge on any atom is 1.00 e. The van der Waals surface area contributed by atoms with Crippen LogP contribution in [0.2, 0.25) is 0 Å². The van der Waals surface area contributed by atoms with Gasteiger partial charge in [0.15, 0.2) is 0 Å². The number of rotatable bonds is 5. The van der Waals surface area contributed by atoms with Crippen LogP contribution in [0.25, 0.3) is 22.9 Å². The summed E-state index contributed by atoms with van der Waals surface area (Å²) in [5, 5.41) is 3.54. The van der Waals surface area contributed by atoms with Crippen LogP contribution in [0.3, 0.4) is 0 Å². The average Bonchev–Trinajstić information content (AvgIpc) is 3.36. The van der Waals surface area contributed by atoms with Crippen LogP contribution in [0.4, 0.5) is 0 Å². The van der Waals surface area contributed by atoms with Crippen LogP contribution < -0.4 is 56.7 Å². The second kappa shape index (κ2) is 18.9. The molecular weight excluding hydrogens is 524 g/mol. The van der Waals surface area contributed by atoms with Gasteiger partial charge >= 0.3 is 51.4 Å². The summed E-state index contributed by atoms with van der Waals surface area (Å²) in [4.78, 5) is 4.93. The predicted octanol–water partition coefficient (Wildman–Crippen LogP) is 7.24. The Morgan fingerprint density at radius 1 is 1.15 bits per heavy atom. The Kier molecular flexibility index (Phi) is 16.5. The number of aliphatic imine (C=N–C) groups is 1. The first kappa shape index (κ1) is 35.7. The third-order valence-electron chi connectivity index (χ3n) is 7.50. The van der Waals surface area contributed by atoms with Crippen molar-refractivity contribution >= 4 is 18.0 Å². The number of aryl methyl sites for hydroxylation is 1. The number of fused-ring (bicyclic) bond motifs is 1. The minimum Gasteiger partial charge on any atom is -0.388 e. The topological polar surface area (TPSA) is 24.4 Å². The van der Waals surface area contributed by atoms with Gasteiger partial charge < -0.3 is 19.2 Å². The molecule has 5 rings (SSSR count). The van der Waals surface area contributed by atoms with Crippen LogP contribution in [0, 0.1) is 44.6 Å². The molecule has 0 spiro atoms. The predicted molar refractivity (Wildman–Crippen MR) is 177 cm³/mol. The van der Waals surface area contributed by atoms with E-state index >= 15 is 0 Å². The Morgan fingerprint density at radius 2 is 1.88 bits per heavy atom. The van der Waals surface area contributed by atoms with Crippen molar-refractivity contribution in [2.45, 2.75) is 73.1 Å². The number of benzene rings is 2. The normalized spacial score (nSPS) is 20.0. The number of allylic oxidation sites excluding steroid dienone is 5. The van der Waals surface area contributed by atoms with Crippen molar-refractivity contribution in [2.75, 3.05) is 6.54 Å². The largest absolute Gasteiger partial charge is 1.00 e. The summed E-state index contributed by atoms with van der Waals surface area (Å²) in [6.07, 6.45) is 20.4. The molecule has 0 radical (unpaired) electrons.